The Kier molecular flexibility index (Phi) is 4.86. The van der Waals surface area contributed by atoms with Gasteiger partial charge in [-0.05, 0) is 7.05 Å². The first-order chi connectivity index (χ1) is 5.43. The van der Waals surface area contributed by atoms with E-state index in [1.54, 1.807) is 0 Å². The van der Waals surface area contributed by atoms with E-state index in [0.29, 0.717) is 15.8 Å². The number of likely N-dealkylation sites (N-methyl/N-ethyl adjacent to an activating group) is 1. The molecule has 0 aromatic rings. The molecule has 0 aliphatic heterocycles. The summed E-state index contributed by atoms with van der Waals surface area (Å²) in [6, 6.07) is 0. The number of amides is 1. The Balaban J connectivity index is 3.76. The van der Waals surface area contributed by atoms with Crippen LogP contribution < -0.4 is 0 Å². The zero-order valence-electron chi connectivity index (χ0n) is 6.13. The third-order valence-corrected chi connectivity index (χ3v) is 1.80. The van der Waals surface area contributed by atoms with Gasteiger partial charge < -0.3 is 26.7 Å². The molecule has 0 saturated heterocycles. The van der Waals surface area contributed by atoms with Crippen LogP contribution in [0.2, 0.25) is 0 Å². The van der Waals surface area contributed by atoms with Crippen molar-refractivity contribution in [3.63, 3.8) is 0 Å². The SMILES string of the molecule is CN(CC(=O)O)SN([S-])C(=O)O. The van der Waals surface area contributed by atoms with Crippen LogP contribution in [0.1, 0.15) is 0 Å². The van der Waals surface area contributed by atoms with Crippen molar-refractivity contribution in [3.05, 3.63) is 0 Å². The molecule has 0 aliphatic rings. The van der Waals surface area contributed by atoms with Crippen LogP contribution in [0.4, 0.5) is 4.79 Å². The molecule has 0 radical (unpaired) electrons. The Morgan fingerprint density at radius 3 is 2.33 bits per heavy atom. The highest BCUT2D eigenvalue weighted by Gasteiger charge is 2.07. The molecule has 0 heterocycles. The smallest absolute Gasteiger partial charge is 0.395 e. The molecular weight excluding hydrogens is 204 g/mol. The van der Waals surface area contributed by atoms with Crippen molar-refractivity contribution in [2.45, 2.75) is 0 Å². The van der Waals surface area contributed by atoms with E-state index in [0.717, 1.165) is 0 Å². The normalized spacial score (nSPS) is 9.92. The van der Waals surface area contributed by atoms with Gasteiger partial charge in [0.05, 0.1) is 0 Å². The van der Waals surface area contributed by atoms with Crippen LogP contribution >= 0.6 is 12.1 Å². The van der Waals surface area contributed by atoms with Crippen molar-refractivity contribution in [1.82, 2.24) is 8.02 Å². The highest BCUT2D eigenvalue weighted by Crippen LogP contribution is 2.11. The lowest BCUT2D eigenvalue weighted by Crippen LogP contribution is -2.26. The van der Waals surface area contributed by atoms with Gasteiger partial charge in [-0.1, -0.05) is 0 Å². The molecule has 0 unspecified atom stereocenters. The highest BCUT2D eigenvalue weighted by atomic mass is 32.2. The molecule has 0 saturated carbocycles. The Bertz CT molecular complexity index is 188. The van der Waals surface area contributed by atoms with Crippen LogP contribution in [0.15, 0.2) is 0 Å². The maximum Gasteiger partial charge on any atom is 0.395 e. The van der Waals surface area contributed by atoms with Crippen LogP contribution in [0.5, 0.6) is 0 Å². The standard InChI is InChI=1S/C4H7N2O4S2/c1-5(2-3(7)8)12-6(11)4(9)10/h2H2,1H3,(H,7,8)(H,9,10)/q-1. The van der Waals surface area contributed by atoms with E-state index >= 15 is 0 Å². The van der Waals surface area contributed by atoms with Crippen LogP contribution in [-0.4, -0.2) is 43.9 Å². The fourth-order valence-corrected chi connectivity index (χ4v) is 1.21. The summed E-state index contributed by atoms with van der Waals surface area (Å²) < 4.78 is 1.70. The Hall–Kier alpha value is -0.600. The van der Waals surface area contributed by atoms with Crippen molar-refractivity contribution in [1.29, 1.82) is 0 Å². The molecule has 0 atom stereocenters. The summed E-state index contributed by atoms with van der Waals surface area (Å²) in [7, 11) is 1.43. The molecule has 2 N–H and O–H groups in total. The molecule has 12 heavy (non-hydrogen) atoms. The number of carbonyl (C=O) groups is 2. The van der Waals surface area contributed by atoms with Gasteiger partial charge in [0.2, 0.25) is 0 Å². The lowest BCUT2D eigenvalue weighted by Gasteiger charge is -2.27. The molecule has 6 nitrogen and oxygen atoms in total. The number of hydrogen-bond donors (Lipinski definition) is 2. The number of nitrogens with zero attached hydrogens (tertiary/aromatic N) is 2. The molecule has 0 rings (SSSR count). The fraction of sp³-hybridized carbons (Fsp3) is 0.500. The molecule has 1 amide bonds. The topological polar surface area (TPSA) is 81.1 Å². The van der Waals surface area contributed by atoms with Crippen LogP contribution in [0.3, 0.4) is 0 Å². The third kappa shape index (κ3) is 5.10. The van der Waals surface area contributed by atoms with Gasteiger partial charge in [-0.2, -0.15) is 0 Å². The van der Waals surface area contributed by atoms with Gasteiger partial charge in [-0.3, -0.25) is 4.79 Å². The van der Waals surface area contributed by atoms with Gasteiger partial charge in [-0.25, -0.2) is 9.10 Å². The highest BCUT2D eigenvalue weighted by molar-refractivity contribution is 8.00. The Labute approximate surface area is 78.9 Å². The lowest BCUT2D eigenvalue weighted by molar-refractivity contribution is -0.136. The van der Waals surface area contributed by atoms with E-state index < -0.39 is 12.1 Å². The molecule has 0 fully saturated rings. The number of carboxylic acids is 1. The first kappa shape index (κ1) is 11.4. The maximum absolute atomic E-state index is 10.1. The summed E-state index contributed by atoms with van der Waals surface area (Å²) in [5.41, 5.74) is 0. The summed E-state index contributed by atoms with van der Waals surface area (Å²) in [6.07, 6.45) is -1.30. The van der Waals surface area contributed by atoms with Crippen LogP contribution in [-0.2, 0) is 17.6 Å². The second-order valence-corrected chi connectivity index (χ2v) is 3.55. The number of carboxylic acid groups (broad SMARTS) is 2. The average Bonchev–Trinajstić information content (AvgIpc) is 1.84. The van der Waals surface area contributed by atoms with Crippen molar-refractivity contribution in [3.8, 4) is 0 Å². The Morgan fingerprint density at radius 1 is 1.50 bits per heavy atom. The maximum atomic E-state index is 10.1. The van der Waals surface area contributed by atoms with E-state index in [1.165, 1.54) is 11.4 Å². The van der Waals surface area contributed by atoms with Gasteiger partial charge in [0.25, 0.3) is 0 Å². The molecule has 0 aliphatic carbocycles. The second kappa shape index (κ2) is 5.12. The summed E-state index contributed by atoms with van der Waals surface area (Å²) in [5.74, 6) is -1.04. The minimum Gasteiger partial charge on any atom is -0.645 e. The number of rotatable bonds is 4. The van der Waals surface area contributed by atoms with Gasteiger partial charge in [-0.15, -0.1) is 0 Å². The molecule has 0 spiro atoms. The van der Waals surface area contributed by atoms with Crippen molar-refractivity contribution in [2.24, 2.45) is 0 Å². The van der Waals surface area contributed by atoms with Crippen molar-refractivity contribution >= 4 is 37.0 Å². The summed E-state index contributed by atoms with van der Waals surface area (Å²) >= 11 is 4.99. The lowest BCUT2D eigenvalue weighted by atomic mass is 10.7. The zero-order chi connectivity index (χ0) is 9.72. The fourth-order valence-electron chi connectivity index (χ4n) is 0.381. The van der Waals surface area contributed by atoms with E-state index in [4.69, 9.17) is 10.2 Å². The van der Waals surface area contributed by atoms with E-state index in [9.17, 15) is 9.59 Å². The van der Waals surface area contributed by atoms with E-state index in [2.05, 4.69) is 12.8 Å². The molecule has 70 valence electrons. The van der Waals surface area contributed by atoms with Gasteiger partial charge in [0, 0.05) is 12.1 Å². The zero-order valence-corrected chi connectivity index (χ0v) is 7.76. The van der Waals surface area contributed by atoms with Crippen molar-refractivity contribution < 1.29 is 19.8 Å². The van der Waals surface area contributed by atoms with Crippen molar-refractivity contribution in [2.75, 3.05) is 13.6 Å². The van der Waals surface area contributed by atoms with Gasteiger partial charge in [0.1, 0.15) is 6.54 Å². The average molecular weight is 211 g/mol. The number of aliphatic carboxylic acids is 1. The first-order valence-electron chi connectivity index (χ1n) is 2.74. The second-order valence-electron chi connectivity index (χ2n) is 1.80. The molecule has 0 aromatic heterocycles. The predicted molar refractivity (Wildman–Crippen MR) is 45.1 cm³/mol. The van der Waals surface area contributed by atoms with Gasteiger partial charge in [0.15, 0.2) is 0 Å². The van der Waals surface area contributed by atoms with Gasteiger partial charge >= 0.3 is 12.1 Å². The molecular formula is C4H7N2O4S2-. The molecule has 0 aromatic carbocycles. The van der Waals surface area contributed by atoms with E-state index in [1.807, 2.05) is 0 Å². The summed E-state index contributed by atoms with van der Waals surface area (Å²) in [5, 5.41) is 16.6. The first-order valence-corrected chi connectivity index (χ1v) is 3.84. The minimum absolute atomic E-state index is 0.273. The Morgan fingerprint density at radius 2 is 2.00 bits per heavy atom. The predicted octanol–water partition coefficient (Wildman–Crippen LogP) is 0.00790. The summed E-state index contributed by atoms with van der Waals surface area (Å²) in [4.78, 5) is 20.3. The van der Waals surface area contributed by atoms with Crippen LogP contribution in [0.25, 0.3) is 0 Å². The third-order valence-electron chi connectivity index (χ3n) is 0.728. The minimum atomic E-state index is -1.30. The molecule has 8 heteroatoms. The monoisotopic (exact) mass is 211 g/mol. The van der Waals surface area contributed by atoms with Crippen LogP contribution in [0, 0.1) is 0 Å². The largest absolute Gasteiger partial charge is 0.645 e. The van der Waals surface area contributed by atoms with E-state index in [-0.39, 0.29) is 6.54 Å². The number of hydrogen-bond acceptors (Lipinski definition) is 5. The quantitative estimate of drug-likeness (QED) is 0.500. The summed E-state index contributed by atoms with van der Waals surface area (Å²) in [6.45, 7) is -0.273. The molecule has 0 bridgehead atoms.